The molecule has 4 rings (SSSR count). The summed E-state index contributed by atoms with van der Waals surface area (Å²) in [6.45, 7) is 2.04. The van der Waals surface area contributed by atoms with Crippen molar-refractivity contribution in [2.75, 3.05) is 11.1 Å². The van der Waals surface area contributed by atoms with Gasteiger partial charge in [-0.2, -0.15) is 15.0 Å². The van der Waals surface area contributed by atoms with Crippen LogP contribution in [0.25, 0.3) is 0 Å². The molecule has 0 radical (unpaired) electrons. The maximum absolute atomic E-state index is 5.86. The van der Waals surface area contributed by atoms with Gasteiger partial charge in [-0.05, 0) is 42.3 Å². The molecule has 1 aliphatic rings. The molecule has 0 unspecified atom stereocenters. The van der Waals surface area contributed by atoms with E-state index in [1.54, 1.807) is 0 Å². The average molecular weight is 383 g/mol. The Balaban J connectivity index is 1.46. The minimum atomic E-state index is 0.186. The predicted molar refractivity (Wildman–Crippen MR) is 104 cm³/mol. The van der Waals surface area contributed by atoms with Crippen LogP contribution in [0.5, 0.6) is 0 Å². The summed E-state index contributed by atoms with van der Waals surface area (Å²) in [7, 11) is 0. The van der Waals surface area contributed by atoms with E-state index in [9.17, 15) is 0 Å². The van der Waals surface area contributed by atoms with E-state index >= 15 is 0 Å². The lowest BCUT2D eigenvalue weighted by atomic mass is 10.2. The Morgan fingerprint density at radius 2 is 1.93 bits per heavy atom. The van der Waals surface area contributed by atoms with Crippen molar-refractivity contribution in [1.82, 2.24) is 35.2 Å². The monoisotopic (exact) mass is 383 g/mol. The fraction of sp³-hybridized carbons (Fsp3) is 0.412. The molecule has 1 aliphatic carbocycles. The third kappa shape index (κ3) is 4.33. The van der Waals surface area contributed by atoms with Crippen LogP contribution in [0.3, 0.4) is 0 Å². The number of nitrogens with zero attached hydrogens (tertiary/aromatic N) is 7. The van der Waals surface area contributed by atoms with Crippen molar-refractivity contribution in [1.29, 1.82) is 0 Å². The largest absolute Gasteiger partial charge is 0.368 e. The Labute approximate surface area is 161 Å². The first-order valence-electron chi connectivity index (χ1n) is 8.92. The van der Waals surface area contributed by atoms with Crippen LogP contribution >= 0.6 is 11.8 Å². The van der Waals surface area contributed by atoms with Crippen LogP contribution in [-0.4, -0.2) is 35.2 Å². The number of aryl methyl sites for hydroxylation is 1. The minimum Gasteiger partial charge on any atom is -0.368 e. The first-order chi connectivity index (χ1) is 13.2. The van der Waals surface area contributed by atoms with Crippen molar-refractivity contribution >= 4 is 29.3 Å². The van der Waals surface area contributed by atoms with Crippen LogP contribution in [0.1, 0.15) is 43.1 Å². The number of rotatable bonds is 6. The molecular weight excluding hydrogens is 362 g/mol. The van der Waals surface area contributed by atoms with Crippen LogP contribution in [0.2, 0.25) is 0 Å². The number of nitrogens with two attached hydrogens (primary N) is 1. The number of nitrogen functional groups attached to an aromatic ring is 1. The summed E-state index contributed by atoms with van der Waals surface area (Å²) in [5.41, 5.74) is 7.94. The number of benzene rings is 1. The molecule has 1 saturated carbocycles. The Hall–Kier alpha value is -2.75. The Bertz CT molecular complexity index is 903. The van der Waals surface area contributed by atoms with E-state index in [0.29, 0.717) is 23.6 Å². The van der Waals surface area contributed by atoms with Gasteiger partial charge < -0.3 is 11.1 Å². The van der Waals surface area contributed by atoms with Gasteiger partial charge in [-0.25, -0.2) is 4.68 Å². The number of hydrogen-bond donors (Lipinski definition) is 2. The molecule has 140 valence electrons. The molecular formula is C17H21N9S. The first-order valence-corrected chi connectivity index (χ1v) is 9.91. The van der Waals surface area contributed by atoms with Gasteiger partial charge in [-0.15, -0.1) is 5.10 Å². The molecule has 3 aromatic rings. The molecule has 2 heterocycles. The highest BCUT2D eigenvalue weighted by Crippen LogP contribution is 2.32. The number of nitrogens with one attached hydrogen (secondary N) is 1. The molecule has 2 aromatic heterocycles. The Kier molecular flexibility index (Phi) is 5.14. The average Bonchev–Trinajstić information content (AvgIpc) is 3.32. The van der Waals surface area contributed by atoms with Crippen molar-refractivity contribution in [3.8, 4) is 0 Å². The first kappa shape index (κ1) is 17.7. The Morgan fingerprint density at radius 1 is 1.15 bits per heavy atom. The molecule has 0 amide bonds. The summed E-state index contributed by atoms with van der Waals surface area (Å²) in [5, 5.41) is 16.1. The fourth-order valence-corrected chi connectivity index (χ4v) is 3.91. The van der Waals surface area contributed by atoms with Crippen LogP contribution in [0.4, 0.5) is 17.6 Å². The summed E-state index contributed by atoms with van der Waals surface area (Å²) < 4.78 is 1.92. The highest BCUT2D eigenvalue weighted by molar-refractivity contribution is 7.98. The maximum atomic E-state index is 5.86. The van der Waals surface area contributed by atoms with Crippen molar-refractivity contribution in [2.45, 2.75) is 49.6 Å². The predicted octanol–water partition coefficient (Wildman–Crippen LogP) is 2.90. The zero-order chi connectivity index (χ0) is 18.6. The van der Waals surface area contributed by atoms with Crippen LogP contribution in [0.15, 0.2) is 29.4 Å². The summed E-state index contributed by atoms with van der Waals surface area (Å²) >= 11 is 1.51. The zero-order valence-corrected chi connectivity index (χ0v) is 15.9. The van der Waals surface area contributed by atoms with Gasteiger partial charge in [-0.3, -0.25) is 0 Å². The second kappa shape index (κ2) is 7.87. The van der Waals surface area contributed by atoms with Gasteiger partial charge in [0.2, 0.25) is 17.1 Å². The third-order valence-corrected chi connectivity index (χ3v) is 5.40. The molecule has 0 spiro atoms. The molecule has 0 aliphatic heterocycles. The molecule has 27 heavy (non-hydrogen) atoms. The number of anilines is 3. The van der Waals surface area contributed by atoms with E-state index < -0.39 is 0 Å². The van der Waals surface area contributed by atoms with E-state index in [4.69, 9.17) is 5.73 Å². The highest BCUT2D eigenvalue weighted by atomic mass is 32.2. The van der Waals surface area contributed by atoms with Crippen molar-refractivity contribution in [2.24, 2.45) is 0 Å². The van der Waals surface area contributed by atoms with Crippen molar-refractivity contribution in [3.05, 3.63) is 35.7 Å². The fourth-order valence-electron chi connectivity index (χ4n) is 3.11. The van der Waals surface area contributed by atoms with Gasteiger partial charge >= 0.3 is 0 Å². The number of thioether (sulfide) groups is 1. The van der Waals surface area contributed by atoms with Gasteiger partial charge in [-0.1, -0.05) is 42.3 Å². The summed E-state index contributed by atoms with van der Waals surface area (Å²) in [5.74, 6) is 1.72. The molecule has 3 N–H and O–H groups in total. The van der Waals surface area contributed by atoms with Gasteiger partial charge in [0.05, 0.1) is 11.8 Å². The quantitative estimate of drug-likeness (QED) is 0.619. The van der Waals surface area contributed by atoms with E-state index in [-0.39, 0.29) is 5.95 Å². The molecule has 0 atom stereocenters. The summed E-state index contributed by atoms with van der Waals surface area (Å²) in [6.07, 6.45) is 4.71. The van der Waals surface area contributed by atoms with Gasteiger partial charge in [0.1, 0.15) is 5.82 Å². The zero-order valence-electron chi connectivity index (χ0n) is 15.0. The van der Waals surface area contributed by atoms with Crippen molar-refractivity contribution in [3.63, 3.8) is 0 Å². The number of aromatic nitrogens is 7. The molecule has 10 heteroatoms. The topological polar surface area (TPSA) is 120 Å². The van der Waals surface area contributed by atoms with E-state index in [1.165, 1.54) is 30.2 Å². The number of tetrazole rings is 1. The van der Waals surface area contributed by atoms with Crippen molar-refractivity contribution < 1.29 is 0 Å². The SMILES string of the molecule is Cc1ccc(Nc2nc(N)nc(CSc3nnnn3C3CCCC3)n2)cc1. The third-order valence-electron chi connectivity index (χ3n) is 4.47. The van der Waals surface area contributed by atoms with Crippen LogP contribution in [0, 0.1) is 6.92 Å². The van der Waals surface area contributed by atoms with Gasteiger partial charge in [0.15, 0.2) is 0 Å². The second-order valence-electron chi connectivity index (χ2n) is 6.56. The maximum Gasteiger partial charge on any atom is 0.232 e. The Morgan fingerprint density at radius 3 is 2.70 bits per heavy atom. The normalized spacial score (nSPS) is 14.6. The summed E-state index contributed by atoms with van der Waals surface area (Å²) in [4.78, 5) is 12.9. The smallest absolute Gasteiger partial charge is 0.232 e. The lowest BCUT2D eigenvalue weighted by Crippen LogP contribution is -2.09. The molecule has 0 saturated heterocycles. The minimum absolute atomic E-state index is 0.186. The van der Waals surface area contributed by atoms with E-state index in [0.717, 1.165) is 23.7 Å². The molecule has 0 bridgehead atoms. The summed E-state index contributed by atoms with van der Waals surface area (Å²) in [6, 6.07) is 8.38. The second-order valence-corrected chi connectivity index (χ2v) is 7.50. The van der Waals surface area contributed by atoms with Gasteiger partial charge in [0, 0.05) is 5.69 Å². The van der Waals surface area contributed by atoms with E-state index in [2.05, 4.69) is 35.8 Å². The van der Waals surface area contributed by atoms with Crippen LogP contribution in [-0.2, 0) is 5.75 Å². The molecule has 1 fully saturated rings. The van der Waals surface area contributed by atoms with E-state index in [1.807, 2.05) is 35.9 Å². The van der Waals surface area contributed by atoms with Gasteiger partial charge in [0.25, 0.3) is 0 Å². The lowest BCUT2D eigenvalue weighted by molar-refractivity contribution is 0.423. The standard InChI is InChI=1S/C17H21N9S/c1-11-6-8-12(9-7-11)19-16-21-14(20-15(18)22-16)10-27-17-23-24-25-26(17)13-4-2-3-5-13/h6-9,13H,2-5,10H2,1H3,(H3,18,19,20,21,22). The lowest BCUT2D eigenvalue weighted by Gasteiger charge is -2.11. The van der Waals surface area contributed by atoms with Crippen LogP contribution < -0.4 is 11.1 Å². The highest BCUT2D eigenvalue weighted by Gasteiger charge is 2.21. The number of hydrogen-bond acceptors (Lipinski definition) is 9. The molecule has 1 aromatic carbocycles. The molecule has 9 nitrogen and oxygen atoms in total.